The number of aromatic nitrogens is 3. The van der Waals surface area contributed by atoms with E-state index in [1.807, 2.05) is 12.1 Å². The summed E-state index contributed by atoms with van der Waals surface area (Å²) in [6.07, 6.45) is 4.14. The maximum absolute atomic E-state index is 8.92. The Kier molecular flexibility index (Phi) is 3.32. The maximum atomic E-state index is 8.92. The highest BCUT2D eigenvalue weighted by Gasteiger charge is 2.21. The largest absolute Gasteiger partial charge is 0.351 e. The van der Waals surface area contributed by atoms with Crippen molar-refractivity contribution in [3.63, 3.8) is 0 Å². The number of hydrogen-bond acceptors (Lipinski definition) is 5. The molecule has 0 saturated carbocycles. The van der Waals surface area contributed by atoms with Crippen LogP contribution in [0.1, 0.15) is 16.8 Å². The Hall–Kier alpha value is -2.71. The first-order valence-corrected chi connectivity index (χ1v) is 7.66. The van der Waals surface area contributed by atoms with Gasteiger partial charge in [-0.25, -0.2) is 15.0 Å². The molecule has 0 saturated heterocycles. The number of rotatable bonds is 1. The minimum atomic E-state index is 0.467. The van der Waals surface area contributed by atoms with Gasteiger partial charge in [-0.05, 0) is 29.8 Å². The molecule has 5 nitrogen and oxygen atoms in total. The number of anilines is 1. The Morgan fingerprint density at radius 3 is 3.00 bits per heavy atom. The zero-order chi connectivity index (χ0) is 15.8. The van der Waals surface area contributed by atoms with Crippen molar-refractivity contribution in [1.29, 1.82) is 5.26 Å². The fourth-order valence-electron chi connectivity index (χ4n) is 2.87. The van der Waals surface area contributed by atoms with E-state index in [2.05, 4.69) is 32.0 Å². The second-order valence-electron chi connectivity index (χ2n) is 5.46. The third-order valence-electron chi connectivity index (χ3n) is 3.99. The SMILES string of the molecule is N#Cc1cnc(N2CCc3nc4ncccc4cc3C2)c(Cl)c1. The molecular weight excluding hydrogens is 310 g/mol. The van der Waals surface area contributed by atoms with Crippen LogP contribution in [-0.2, 0) is 13.0 Å². The molecule has 4 rings (SSSR count). The summed E-state index contributed by atoms with van der Waals surface area (Å²) in [6.45, 7) is 1.49. The zero-order valence-corrected chi connectivity index (χ0v) is 13.0. The summed E-state index contributed by atoms with van der Waals surface area (Å²) in [6, 6.07) is 9.77. The van der Waals surface area contributed by atoms with E-state index in [0.717, 1.165) is 29.7 Å². The highest BCUT2D eigenvalue weighted by Crippen LogP contribution is 2.29. The van der Waals surface area contributed by atoms with Crippen molar-refractivity contribution in [2.45, 2.75) is 13.0 Å². The van der Waals surface area contributed by atoms with E-state index in [4.69, 9.17) is 16.9 Å². The van der Waals surface area contributed by atoms with Crippen molar-refractivity contribution < 1.29 is 0 Å². The smallest absolute Gasteiger partial charge is 0.159 e. The Morgan fingerprint density at radius 2 is 2.17 bits per heavy atom. The minimum Gasteiger partial charge on any atom is -0.351 e. The van der Waals surface area contributed by atoms with Gasteiger partial charge in [-0.2, -0.15) is 5.26 Å². The van der Waals surface area contributed by atoms with Gasteiger partial charge in [0.25, 0.3) is 0 Å². The summed E-state index contributed by atoms with van der Waals surface area (Å²) in [5, 5.41) is 10.5. The van der Waals surface area contributed by atoms with Gasteiger partial charge < -0.3 is 4.90 Å². The lowest BCUT2D eigenvalue weighted by atomic mass is 10.0. The van der Waals surface area contributed by atoms with Crippen LogP contribution in [0.2, 0.25) is 5.02 Å². The van der Waals surface area contributed by atoms with Crippen LogP contribution in [0.4, 0.5) is 5.82 Å². The molecule has 0 fully saturated rings. The summed E-state index contributed by atoms with van der Waals surface area (Å²) < 4.78 is 0. The van der Waals surface area contributed by atoms with Gasteiger partial charge in [0.2, 0.25) is 0 Å². The monoisotopic (exact) mass is 321 g/mol. The number of hydrogen-bond donors (Lipinski definition) is 0. The fourth-order valence-corrected chi connectivity index (χ4v) is 3.16. The second-order valence-corrected chi connectivity index (χ2v) is 5.86. The van der Waals surface area contributed by atoms with Crippen LogP contribution in [0.5, 0.6) is 0 Å². The molecule has 6 heteroatoms. The first-order chi connectivity index (χ1) is 11.2. The van der Waals surface area contributed by atoms with Gasteiger partial charge in [0.05, 0.1) is 10.6 Å². The van der Waals surface area contributed by atoms with Gasteiger partial charge in [0.15, 0.2) is 5.65 Å². The number of fused-ring (bicyclic) bond motifs is 2. The molecular formula is C17H12ClN5. The average molecular weight is 322 g/mol. The van der Waals surface area contributed by atoms with E-state index >= 15 is 0 Å². The molecule has 112 valence electrons. The topological polar surface area (TPSA) is 65.7 Å². The van der Waals surface area contributed by atoms with Crippen LogP contribution in [0.25, 0.3) is 11.0 Å². The van der Waals surface area contributed by atoms with Crippen LogP contribution in [0, 0.1) is 11.3 Å². The average Bonchev–Trinajstić information content (AvgIpc) is 2.59. The van der Waals surface area contributed by atoms with Gasteiger partial charge in [-0.3, -0.25) is 0 Å². The van der Waals surface area contributed by atoms with E-state index < -0.39 is 0 Å². The zero-order valence-electron chi connectivity index (χ0n) is 12.2. The molecule has 0 radical (unpaired) electrons. The van der Waals surface area contributed by atoms with Crippen molar-refractivity contribution in [2.75, 3.05) is 11.4 Å². The minimum absolute atomic E-state index is 0.467. The lowest BCUT2D eigenvalue weighted by molar-refractivity contribution is 0.706. The summed E-state index contributed by atoms with van der Waals surface area (Å²) in [5.41, 5.74) is 3.50. The number of nitriles is 1. The van der Waals surface area contributed by atoms with Crippen LogP contribution >= 0.6 is 11.6 Å². The molecule has 0 spiro atoms. The summed E-state index contributed by atoms with van der Waals surface area (Å²) in [5.74, 6) is 0.711. The molecule has 3 aromatic heterocycles. The predicted molar refractivity (Wildman–Crippen MR) is 88.3 cm³/mol. The van der Waals surface area contributed by atoms with Crippen molar-refractivity contribution in [2.24, 2.45) is 0 Å². The Morgan fingerprint density at radius 1 is 1.26 bits per heavy atom. The number of pyridine rings is 3. The van der Waals surface area contributed by atoms with Gasteiger partial charge in [-0.1, -0.05) is 11.6 Å². The van der Waals surface area contributed by atoms with Gasteiger partial charge in [-0.15, -0.1) is 0 Å². The van der Waals surface area contributed by atoms with Crippen molar-refractivity contribution in [3.05, 3.63) is 58.5 Å². The molecule has 3 aromatic rings. The van der Waals surface area contributed by atoms with E-state index in [9.17, 15) is 0 Å². The quantitative estimate of drug-likeness (QED) is 0.689. The summed E-state index contributed by atoms with van der Waals surface area (Å²) >= 11 is 6.28. The van der Waals surface area contributed by atoms with Crippen molar-refractivity contribution in [1.82, 2.24) is 15.0 Å². The molecule has 0 unspecified atom stereocenters. The Labute approximate surface area is 138 Å². The van der Waals surface area contributed by atoms with E-state index in [0.29, 0.717) is 22.9 Å². The Bertz CT molecular complexity index is 947. The van der Waals surface area contributed by atoms with E-state index in [1.165, 1.54) is 5.56 Å². The molecule has 4 heterocycles. The Balaban J connectivity index is 1.71. The van der Waals surface area contributed by atoms with E-state index in [-0.39, 0.29) is 0 Å². The third-order valence-corrected chi connectivity index (χ3v) is 4.27. The molecule has 0 aromatic carbocycles. The molecule has 0 atom stereocenters. The van der Waals surface area contributed by atoms with Gasteiger partial charge in [0.1, 0.15) is 11.9 Å². The van der Waals surface area contributed by atoms with Crippen LogP contribution in [0.15, 0.2) is 36.7 Å². The van der Waals surface area contributed by atoms with Crippen LogP contribution in [0.3, 0.4) is 0 Å². The first kappa shape index (κ1) is 13.9. The molecule has 1 aliphatic rings. The predicted octanol–water partition coefficient (Wildman–Crippen LogP) is 3.11. The van der Waals surface area contributed by atoms with Crippen LogP contribution < -0.4 is 4.90 Å². The molecule has 1 aliphatic heterocycles. The van der Waals surface area contributed by atoms with Crippen molar-refractivity contribution >= 4 is 28.5 Å². The molecule has 0 bridgehead atoms. The first-order valence-electron chi connectivity index (χ1n) is 7.29. The normalized spacial score (nSPS) is 13.7. The van der Waals surface area contributed by atoms with Crippen molar-refractivity contribution in [3.8, 4) is 6.07 Å². The fraction of sp³-hybridized carbons (Fsp3) is 0.176. The molecule has 0 amide bonds. The van der Waals surface area contributed by atoms with Gasteiger partial charge in [0, 0.05) is 43.0 Å². The third kappa shape index (κ3) is 2.47. The summed E-state index contributed by atoms with van der Waals surface area (Å²) in [7, 11) is 0. The standard InChI is InChI=1S/C17H12ClN5/c18-14-6-11(8-19)9-21-17(14)23-5-3-15-13(10-23)7-12-2-1-4-20-16(12)22-15/h1-2,4,6-7,9H,3,5,10H2. The lowest BCUT2D eigenvalue weighted by Crippen LogP contribution is -2.31. The number of nitrogens with zero attached hydrogens (tertiary/aromatic N) is 5. The van der Waals surface area contributed by atoms with Crippen LogP contribution in [-0.4, -0.2) is 21.5 Å². The lowest BCUT2D eigenvalue weighted by Gasteiger charge is -2.29. The van der Waals surface area contributed by atoms with Gasteiger partial charge >= 0.3 is 0 Å². The molecule has 23 heavy (non-hydrogen) atoms. The van der Waals surface area contributed by atoms with E-state index in [1.54, 1.807) is 18.5 Å². The highest BCUT2D eigenvalue weighted by atomic mass is 35.5. The second kappa shape index (κ2) is 5.49. The highest BCUT2D eigenvalue weighted by molar-refractivity contribution is 6.33. The number of halogens is 1. The summed E-state index contributed by atoms with van der Waals surface area (Å²) in [4.78, 5) is 15.4. The maximum Gasteiger partial charge on any atom is 0.159 e. The molecule has 0 N–H and O–H groups in total. The molecule has 0 aliphatic carbocycles.